The van der Waals surface area contributed by atoms with Crippen molar-refractivity contribution < 1.29 is 23.9 Å². The molecular weight excluding hydrogens is 392 g/mol. The summed E-state index contributed by atoms with van der Waals surface area (Å²) < 4.78 is 5.50. The lowest BCUT2D eigenvalue weighted by molar-refractivity contribution is -0.163. The van der Waals surface area contributed by atoms with E-state index in [0.29, 0.717) is 31.7 Å². The largest absolute Gasteiger partial charge is 0.458 e. The molecule has 1 aliphatic heterocycles. The van der Waals surface area contributed by atoms with E-state index in [4.69, 9.17) is 4.74 Å². The molecule has 1 rings (SSSR count). The second kappa shape index (κ2) is 11.6. The maximum atomic E-state index is 13.2. The third-order valence-corrected chi connectivity index (χ3v) is 5.86. The van der Waals surface area contributed by atoms with Gasteiger partial charge in [0.15, 0.2) is 5.12 Å². The van der Waals surface area contributed by atoms with Gasteiger partial charge in [-0.15, -0.1) is 0 Å². The van der Waals surface area contributed by atoms with Gasteiger partial charge in [-0.05, 0) is 46.5 Å². The Bertz CT molecular complexity index is 602. The van der Waals surface area contributed by atoms with Gasteiger partial charge in [-0.3, -0.25) is 14.4 Å². The molecule has 1 unspecified atom stereocenters. The molecule has 0 aromatic carbocycles. The molecule has 2 amide bonds. The summed E-state index contributed by atoms with van der Waals surface area (Å²) in [6.45, 7) is 9.65. The van der Waals surface area contributed by atoms with Crippen LogP contribution in [0.15, 0.2) is 0 Å². The highest BCUT2D eigenvalue weighted by molar-refractivity contribution is 8.13. The summed E-state index contributed by atoms with van der Waals surface area (Å²) in [5.74, 6) is -0.332. The van der Waals surface area contributed by atoms with Gasteiger partial charge in [0, 0.05) is 45.7 Å². The zero-order chi connectivity index (χ0) is 22.2. The van der Waals surface area contributed by atoms with E-state index in [9.17, 15) is 19.2 Å². The maximum absolute atomic E-state index is 13.2. The minimum atomic E-state index is -0.596. The third-order valence-electron chi connectivity index (χ3n) is 4.89. The molecule has 2 atom stereocenters. The summed E-state index contributed by atoms with van der Waals surface area (Å²) in [7, 11) is 1.76. The van der Waals surface area contributed by atoms with E-state index in [1.165, 1.54) is 13.8 Å². The van der Waals surface area contributed by atoms with Crippen molar-refractivity contribution in [2.24, 2.45) is 5.92 Å². The minimum Gasteiger partial charge on any atom is -0.458 e. The number of unbranched alkanes of at least 4 members (excludes halogenated alkanes) is 1. The lowest BCUT2D eigenvalue weighted by Crippen LogP contribution is -2.46. The molecule has 29 heavy (non-hydrogen) atoms. The van der Waals surface area contributed by atoms with Crippen molar-refractivity contribution in [3.8, 4) is 0 Å². The van der Waals surface area contributed by atoms with Gasteiger partial charge in [-0.2, -0.15) is 0 Å². The Morgan fingerprint density at radius 2 is 1.83 bits per heavy atom. The summed E-state index contributed by atoms with van der Waals surface area (Å²) in [5, 5.41) is -0.0239. The molecule has 7 nitrogen and oxygen atoms in total. The summed E-state index contributed by atoms with van der Waals surface area (Å²) in [6.07, 6.45) is 3.57. The topological polar surface area (TPSA) is 84.0 Å². The SMILES string of the molecule is CC(=O)SCC(CCCCN(C)C(C)=O)C(=O)N1CCC[C@H]1C(=O)OC(C)(C)C. The molecule has 166 valence electrons. The van der Waals surface area contributed by atoms with E-state index >= 15 is 0 Å². The Morgan fingerprint density at radius 3 is 2.38 bits per heavy atom. The summed E-state index contributed by atoms with van der Waals surface area (Å²) >= 11 is 1.15. The number of thioether (sulfide) groups is 1. The van der Waals surface area contributed by atoms with Crippen molar-refractivity contribution in [1.29, 1.82) is 0 Å². The zero-order valence-electron chi connectivity index (χ0n) is 18.7. The number of ether oxygens (including phenoxy) is 1. The average Bonchev–Trinajstić information content (AvgIpc) is 3.08. The summed E-state index contributed by atoms with van der Waals surface area (Å²) in [4.78, 5) is 51.8. The lowest BCUT2D eigenvalue weighted by atomic mass is 10.0. The van der Waals surface area contributed by atoms with Gasteiger partial charge < -0.3 is 14.5 Å². The van der Waals surface area contributed by atoms with E-state index in [1.54, 1.807) is 16.8 Å². The number of nitrogens with zero attached hydrogens (tertiary/aromatic N) is 2. The van der Waals surface area contributed by atoms with Crippen LogP contribution in [0.25, 0.3) is 0 Å². The van der Waals surface area contributed by atoms with Gasteiger partial charge in [0.05, 0.1) is 0 Å². The van der Waals surface area contributed by atoms with Crippen molar-refractivity contribution in [3.05, 3.63) is 0 Å². The molecule has 0 aromatic heterocycles. The Kier molecular flexibility index (Phi) is 10.2. The number of hydrogen-bond acceptors (Lipinski definition) is 6. The Hall–Kier alpha value is -1.57. The number of carbonyl (C=O) groups excluding carboxylic acids is 4. The molecule has 0 aromatic rings. The molecule has 0 spiro atoms. The summed E-state index contributed by atoms with van der Waals surface area (Å²) in [6, 6.07) is -0.546. The van der Waals surface area contributed by atoms with Crippen molar-refractivity contribution in [1.82, 2.24) is 9.80 Å². The number of likely N-dealkylation sites (tertiary alicyclic amines) is 1. The van der Waals surface area contributed by atoms with E-state index in [1.807, 2.05) is 20.8 Å². The first-order valence-corrected chi connectivity index (χ1v) is 11.3. The maximum Gasteiger partial charge on any atom is 0.329 e. The van der Waals surface area contributed by atoms with Crippen LogP contribution in [-0.2, 0) is 23.9 Å². The molecule has 0 saturated carbocycles. The lowest BCUT2D eigenvalue weighted by Gasteiger charge is -2.30. The molecule has 1 aliphatic rings. The van der Waals surface area contributed by atoms with Gasteiger partial charge in [0.25, 0.3) is 0 Å². The number of amides is 2. The number of carbonyl (C=O) groups is 4. The van der Waals surface area contributed by atoms with E-state index in [0.717, 1.165) is 31.0 Å². The Labute approximate surface area is 178 Å². The molecule has 8 heteroatoms. The van der Waals surface area contributed by atoms with Crippen LogP contribution in [-0.4, -0.2) is 70.2 Å². The minimum absolute atomic E-state index is 0.0158. The highest BCUT2D eigenvalue weighted by Gasteiger charge is 2.39. The van der Waals surface area contributed by atoms with Crippen LogP contribution in [0.3, 0.4) is 0 Å². The van der Waals surface area contributed by atoms with Crippen LogP contribution in [0.5, 0.6) is 0 Å². The van der Waals surface area contributed by atoms with Crippen LogP contribution in [0.1, 0.15) is 66.7 Å². The van der Waals surface area contributed by atoms with Crippen molar-refractivity contribution in [2.45, 2.75) is 78.4 Å². The average molecular weight is 429 g/mol. The Balaban J connectivity index is 2.74. The fourth-order valence-corrected chi connectivity index (χ4v) is 4.02. The second-order valence-corrected chi connectivity index (χ2v) is 9.86. The molecule has 0 radical (unpaired) electrons. The van der Waals surface area contributed by atoms with Gasteiger partial charge in [-0.1, -0.05) is 18.2 Å². The first-order chi connectivity index (χ1) is 13.4. The van der Waals surface area contributed by atoms with Crippen LogP contribution < -0.4 is 0 Å². The normalized spacial score (nSPS) is 17.7. The molecule has 0 N–H and O–H groups in total. The third kappa shape index (κ3) is 9.19. The van der Waals surface area contributed by atoms with Gasteiger partial charge in [0.2, 0.25) is 11.8 Å². The molecule has 0 aliphatic carbocycles. The monoisotopic (exact) mass is 428 g/mol. The standard InChI is InChI=1S/C21H36N2O5S/c1-15(24)22(6)12-8-7-10-17(14-29-16(2)25)19(26)23-13-9-11-18(23)20(27)28-21(3,4)5/h17-18H,7-14H2,1-6H3/t17?,18-/m0/s1. The molecule has 1 heterocycles. The fraction of sp³-hybridized carbons (Fsp3) is 0.810. The van der Waals surface area contributed by atoms with E-state index in [2.05, 4.69) is 0 Å². The smallest absolute Gasteiger partial charge is 0.329 e. The first kappa shape index (κ1) is 25.5. The van der Waals surface area contributed by atoms with Gasteiger partial charge in [-0.25, -0.2) is 4.79 Å². The van der Waals surface area contributed by atoms with Crippen LogP contribution in [0.2, 0.25) is 0 Å². The predicted molar refractivity (Wildman–Crippen MR) is 114 cm³/mol. The number of rotatable bonds is 9. The van der Waals surface area contributed by atoms with Gasteiger partial charge in [0.1, 0.15) is 11.6 Å². The van der Waals surface area contributed by atoms with Crippen LogP contribution >= 0.6 is 11.8 Å². The van der Waals surface area contributed by atoms with Crippen molar-refractivity contribution in [2.75, 3.05) is 25.9 Å². The zero-order valence-corrected chi connectivity index (χ0v) is 19.5. The molecular formula is C21H36N2O5S. The first-order valence-electron chi connectivity index (χ1n) is 10.3. The van der Waals surface area contributed by atoms with E-state index in [-0.39, 0.29) is 28.8 Å². The molecule has 1 fully saturated rings. The highest BCUT2D eigenvalue weighted by atomic mass is 32.2. The predicted octanol–water partition coefficient (Wildman–Crippen LogP) is 2.86. The van der Waals surface area contributed by atoms with Crippen LogP contribution in [0.4, 0.5) is 0 Å². The van der Waals surface area contributed by atoms with Gasteiger partial charge >= 0.3 is 5.97 Å². The van der Waals surface area contributed by atoms with E-state index < -0.39 is 11.6 Å². The quantitative estimate of drug-likeness (QED) is 0.415. The molecule has 0 bridgehead atoms. The van der Waals surface area contributed by atoms with Crippen molar-refractivity contribution >= 4 is 34.7 Å². The fourth-order valence-electron chi connectivity index (χ4n) is 3.27. The second-order valence-electron chi connectivity index (χ2n) is 8.66. The number of esters is 1. The van der Waals surface area contributed by atoms with Crippen molar-refractivity contribution in [3.63, 3.8) is 0 Å². The molecule has 1 saturated heterocycles. The Morgan fingerprint density at radius 1 is 1.17 bits per heavy atom. The number of hydrogen-bond donors (Lipinski definition) is 0. The summed E-state index contributed by atoms with van der Waals surface area (Å²) in [5.41, 5.74) is -0.596. The van der Waals surface area contributed by atoms with Crippen LogP contribution in [0, 0.1) is 5.92 Å². The highest BCUT2D eigenvalue weighted by Crippen LogP contribution is 2.26.